The van der Waals surface area contributed by atoms with Gasteiger partial charge in [0.1, 0.15) is 12.8 Å². The average molecular weight is 177 g/mol. The standard InChI is InChI=1S/C11H15NO/c1-4-10-7-5-9(2)6-8-11(10)12-13-3/h4-9H,1-3H3/b10-4?,12-11-. The van der Waals surface area contributed by atoms with Gasteiger partial charge in [-0.2, -0.15) is 0 Å². The van der Waals surface area contributed by atoms with Crippen LogP contribution in [-0.4, -0.2) is 12.8 Å². The minimum absolute atomic E-state index is 0.458. The number of oxime groups is 1. The van der Waals surface area contributed by atoms with Crippen molar-refractivity contribution in [3.8, 4) is 0 Å². The van der Waals surface area contributed by atoms with Gasteiger partial charge < -0.3 is 4.84 Å². The van der Waals surface area contributed by atoms with E-state index in [1.54, 1.807) is 7.11 Å². The molecule has 0 heterocycles. The molecule has 0 saturated heterocycles. The van der Waals surface area contributed by atoms with E-state index in [4.69, 9.17) is 4.84 Å². The molecule has 1 unspecified atom stereocenters. The van der Waals surface area contributed by atoms with E-state index in [0.717, 1.165) is 11.3 Å². The maximum Gasteiger partial charge on any atom is 0.109 e. The minimum Gasteiger partial charge on any atom is -0.399 e. The summed E-state index contributed by atoms with van der Waals surface area (Å²) in [6, 6.07) is 0. The molecule has 2 heteroatoms. The first kappa shape index (κ1) is 9.78. The van der Waals surface area contributed by atoms with Gasteiger partial charge in [0.15, 0.2) is 0 Å². The van der Waals surface area contributed by atoms with E-state index < -0.39 is 0 Å². The molecular formula is C11H15NO. The topological polar surface area (TPSA) is 21.6 Å². The van der Waals surface area contributed by atoms with E-state index in [2.05, 4.69) is 30.3 Å². The first-order chi connectivity index (χ1) is 6.27. The fourth-order valence-corrected chi connectivity index (χ4v) is 1.17. The van der Waals surface area contributed by atoms with Crippen molar-refractivity contribution >= 4 is 5.71 Å². The predicted octanol–water partition coefficient (Wildman–Crippen LogP) is 2.70. The first-order valence-corrected chi connectivity index (χ1v) is 4.42. The lowest BCUT2D eigenvalue weighted by Gasteiger charge is -1.98. The van der Waals surface area contributed by atoms with Crippen LogP contribution in [0.15, 0.2) is 41.1 Å². The molecule has 2 nitrogen and oxygen atoms in total. The lowest BCUT2D eigenvalue weighted by molar-refractivity contribution is 0.214. The summed E-state index contributed by atoms with van der Waals surface area (Å²) >= 11 is 0. The SMILES string of the molecule is CC=C1C=CC(C)C=C/C1=N/OC. The molecule has 1 rings (SSSR count). The van der Waals surface area contributed by atoms with Crippen LogP contribution in [0.5, 0.6) is 0 Å². The van der Waals surface area contributed by atoms with E-state index in [0.29, 0.717) is 5.92 Å². The summed E-state index contributed by atoms with van der Waals surface area (Å²) in [5.41, 5.74) is 1.98. The Kier molecular flexibility index (Phi) is 3.50. The Morgan fingerprint density at radius 3 is 2.69 bits per heavy atom. The van der Waals surface area contributed by atoms with Gasteiger partial charge in [0.2, 0.25) is 0 Å². The Bertz CT molecular complexity index is 284. The Morgan fingerprint density at radius 1 is 1.38 bits per heavy atom. The fourth-order valence-electron chi connectivity index (χ4n) is 1.17. The molecule has 0 radical (unpaired) electrons. The number of rotatable bonds is 1. The van der Waals surface area contributed by atoms with E-state index in [1.807, 2.05) is 19.1 Å². The normalized spacial score (nSPS) is 28.1. The summed E-state index contributed by atoms with van der Waals surface area (Å²) in [5.74, 6) is 0.458. The summed E-state index contributed by atoms with van der Waals surface area (Å²) in [4.78, 5) is 4.77. The van der Waals surface area contributed by atoms with Crippen molar-refractivity contribution in [1.82, 2.24) is 0 Å². The van der Waals surface area contributed by atoms with E-state index in [-0.39, 0.29) is 0 Å². The zero-order valence-corrected chi connectivity index (χ0v) is 8.32. The molecule has 0 amide bonds. The third kappa shape index (κ3) is 2.58. The molecule has 13 heavy (non-hydrogen) atoms. The average Bonchev–Trinajstić information content (AvgIpc) is 2.30. The summed E-state index contributed by atoms with van der Waals surface area (Å²) in [5, 5.41) is 3.94. The van der Waals surface area contributed by atoms with Crippen LogP contribution in [0.1, 0.15) is 13.8 Å². The maximum absolute atomic E-state index is 4.77. The van der Waals surface area contributed by atoms with Gasteiger partial charge in [0.05, 0.1) is 0 Å². The summed E-state index contributed by atoms with van der Waals surface area (Å²) in [6.07, 6.45) is 10.3. The molecule has 0 aromatic heterocycles. The van der Waals surface area contributed by atoms with Crippen LogP contribution in [0.2, 0.25) is 0 Å². The molecule has 0 aromatic rings. The van der Waals surface area contributed by atoms with Gasteiger partial charge in [-0.1, -0.05) is 36.4 Å². The molecule has 0 fully saturated rings. The second-order valence-electron chi connectivity index (χ2n) is 2.98. The number of allylic oxidation sites excluding steroid dienone is 6. The Morgan fingerprint density at radius 2 is 2.08 bits per heavy atom. The first-order valence-electron chi connectivity index (χ1n) is 4.42. The third-order valence-corrected chi connectivity index (χ3v) is 1.93. The quantitative estimate of drug-likeness (QED) is 0.564. The minimum atomic E-state index is 0.458. The summed E-state index contributed by atoms with van der Waals surface area (Å²) in [6.45, 7) is 4.13. The van der Waals surface area contributed by atoms with Crippen LogP contribution >= 0.6 is 0 Å². The molecule has 0 saturated carbocycles. The zero-order chi connectivity index (χ0) is 9.68. The highest BCUT2D eigenvalue weighted by Gasteiger charge is 2.04. The lowest BCUT2D eigenvalue weighted by atomic mass is 10.1. The van der Waals surface area contributed by atoms with E-state index in [9.17, 15) is 0 Å². The molecule has 0 aromatic carbocycles. The monoisotopic (exact) mass is 177 g/mol. The molecule has 0 N–H and O–H groups in total. The van der Waals surface area contributed by atoms with Crippen molar-refractivity contribution in [3.63, 3.8) is 0 Å². The fraction of sp³-hybridized carbons (Fsp3) is 0.364. The number of hydrogen-bond donors (Lipinski definition) is 0. The van der Waals surface area contributed by atoms with Gasteiger partial charge in [0, 0.05) is 0 Å². The zero-order valence-electron chi connectivity index (χ0n) is 8.32. The Balaban J connectivity index is 3.00. The second-order valence-corrected chi connectivity index (χ2v) is 2.98. The Labute approximate surface area is 79.3 Å². The van der Waals surface area contributed by atoms with Crippen LogP contribution in [0.4, 0.5) is 0 Å². The highest BCUT2D eigenvalue weighted by atomic mass is 16.6. The van der Waals surface area contributed by atoms with Crippen LogP contribution in [0.25, 0.3) is 0 Å². The molecule has 1 atom stereocenters. The van der Waals surface area contributed by atoms with Gasteiger partial charge in [-0.15, -0.1) is 0 Å². The van der Waals surface area contributed by atoms with Crippen molar-refractivity contribution in [2.24, 2.45) is 11.1 Å². The summed E-state index contributed by atoms with van der Waals surface area (Å²) in [7, 11) is 1.56. The lowest BCUT2D eigenvalue weighted by Crippen LogP contribution is -1.96. The molecule has 1 aliphatic carbocycles. The molecular weight excluding hydrogens is 162 g/mol. The van der Waals surface area contributed by atoms with Crippen molar-refractivity contribution in [3.05, 3.63) is 36.0 Å². The van der Waals surface area contributed by atoms with Crippen molar-refractivity contribution in [2.75, 3.05) is 7.11 Å². The third-order valence-electron chi connectivity index (χ3n) is 1.93. The Hall–Kier alpha value is -1.31. The predicted molar refractivity (Wildman–Crippen MR) is 55.6 cm³/mol. The van der Waals surface area contributed by atoms with Crippen LogP contribution in [0, 0.1) is 5.92 Å². The molecule has 70 valence electrons. The van der Waals surface area contributed by atoms with Gasteiger partial charge in [-0.3, -0.25) is 0 Å². The molecule has 1 aliphatic rings. The number of hydrogen-bond acceptors (Lipinski definition) is 2. The van der Waals surface area contributed by atoms with Gasteiger partial charge in [0.25, 0.3) is 0 Å². The highest BCUT2D eigenvalue weighted by molar-refractivity contribution is 6.10. The smallest absolute Gasteiger partial charge is 0.109 e. The van der Waals surface area contributed by atoms with Crippen molar-refractivity contribution in [2.45, 2.75) is 13.8 Å². The van der Waals surface area contributed by atoms with Crippen molar-refractivity contribution in [1.29, 1.82) is 0 Å². The van der Waals surface area contributed by atoms with E-state index in [1.165, 1.54) is 0 Å². The van der Waals surface area contributed by atoms with Gasteiger partial charge in [-0.25, -0.2) is 0 Å². The second kappa shape index (κ2) is 4.65. The van der Waals surface area contributed by atoms with Gasteiger partial charge in [-0.05, 0) is 24.5 Å². The summed E-state index contributed by atoms with van der Waals surface area (Å²) < 4.78 is 0. The molecule has 0 spiro atoms. The van der Waals surface area contributed by atoms with Crippen LogP contribution in [0.3, 0.4) is 0 Å². The van der Waals surface area contributed by atoms with Crippen molar-refractivity contribution < 1.29 is 4.84 Å². The molecule has 0 bridgehead atoms. The van der Waals surface area contributed by atoms with Crippen LogP contribution in [-0.2, 0) is 4.84 Å². The van der Waals surface area contributed by atoms with E-state index >= 15 is 0 Å². The molecule has 0 aliphatic heterocycles. The van der Waals surface area contributed by atoms with Gasteiger partial charge >= 0.3 is 0 Å². The number of nitrogens with zero attached hydrogens (tertiary/aromatic N) is 1. The van der Waals surface area contributed by atoms with Crippen LogP contribution < -0.4 is 0 Å². The largest absolute Gasteiger partial charge is 0.399 e. The maximum atomic E-state index is 4.77. The highest BCUT2D eigenvalue weighted by Crippen LogP contribution is 2.12.